The highest BCUT2D eigenvalue weighted by Crippen LogP contribution is 2.07. The molecule has 0 fully saturated rings. The van der Waals surface area contributed by atoms with Gasteiger partial charge in [-0.05, 0) is 11.6 Å². The van der Waals surface area contributed by atoms with Crippen LogP contribution in [0.5, 0.6) is 0 Å². The van der Waals surface area contributed by atoms with Crippen LogP contribution in [0.3, 0.4) is 0 Å². The molecule has 0 aromatic heterocycles. The summed E-state index contributed by atoms with van der Waals surface area (Å²) in [4.78, 5) is 11.2. The topological polar surface area (TPSA) is 73.6 Å². The van der Waals surface area contributed by atoms with Crippen LogP contribution in [0.4, 0.5) is 0 Å². The van der Waals surface area contributed by atoms with Gasteiger partial charge in [-0.25, -0.2) is 0 Å². The smallest absolute Gasteiger partial charge is 0.249 e. The van der Waals surface area contributed by atoms with E-state index in [1.54, 1.807) is 26.4 Å². The minimum absolute atomic E-state index is 0.00394. The molecule has 0 aliphatic heterocycles. The van der Waals surface area contributed by atoms with Crippen LogP contribution in [-0.2, 0) is 16.0 Å². The largest absolute Gasteiger partial charge is 0.382 e. The molecule has 0 saturated heterocycles. The van der Waals surface area contributed by atoms with Crippen LogP contribution in [0.15, 0.2) is 24.3 Å². The number of carbonyl (C=O) groups is 1. The number of nitrogens with two attached hydrogens (primary N) is 1. The van der Waals surface area contributed by atoms with Crippen molar-refractivity contribution in [2.45, 2.75) is 12.6 Å². The van der Waals surface area contributed by atoms with Crippen LogP contribution >= 0.6 is 0 Å². The van der Waals surface area contributed by atoms with Gasteiger partial charge in [-0.2, -0.15) is 0 Å². The molecule has 0 aliphatic carbocycles. The first-order valence-electron chi connectivity index (χ1n) is 5.79. The number of amides is 1. The lowest BCUT2D eigenvalue weighted by Crippen LogP contribution is -2.32. The fraction of sp³-hybridized carbons (Fsp3) is 0.462. The Balaban J connectivity index is 2.50. The van der Waals surface area contributed by atoms with E-state index in [9.17, 15) is 4.79 Å². The second kappa shape index (κ2) is 7.81. The summed E-state index contributed by atoms with van der Waals surface area (Å²) >= 11 is 0. The molecule has 5 heteroatoms. The zero-order chi connectivity index (χ0) is 13.4. The highest BCUT2D eigenvalue weighted by atomic mass is 16.5. The Morgan fingerprint density at radius 1 is 1.39 bits per heavy atom. The Kier molecular flexibility index (Phi) is 6.35. The molecule has 0 aliphatic rings. The van der Waals surface area contributed by atoms with Crippen LogP contribution < -0.4 is 11.1 Å². The number of benzene rings is 1. The minimum Gasteiger partial charge on any atom is -0.382 e. The Labute approximate surface area is 107 Å². The van der Waals surface area contributed by atoms with Crippen LogP contribution in [-0.4, -0.2) is 39.4 Å². The third kappa shape index (κ3) is 4.44. The average molecular weight is 252 g/mol. The zero-order valence-corrected chi connectivity index (χ0v) is 10.8. The summed E-state index contributed by atoms with van der Waals surface area (Å²) in [5, 5.41) is 3.22. The normalized spacial score (nSPS) is 12.3. The van der Waals surface area contributed by atoms with E-state index in [-0.39, 0.29) is 6.10 Å². The van der Waals surface area contributed by atoms with Crippen LogP contribution in [0, 0.1) is 0 Å². The van der Waals surface area contributed by atoms with E-state index in [0.29, 0.717) is 25.3 Å². The molecule has 0 heterocycles. The van der Waals surface area contributed by atoms with Gasteiger partial charge in [0, 0.05) is 32.9 Å². The number of ether oxygens (including phenoxy) is 2. The molecule has 0 spiro atoms. The number of primary amides is 1. The van der Waals surface area contributed by atoms with E-state index < -0.39 is 5.91 Å². The second-order valence-electron chi connectivity index (χ2n) is 3.97. The summed E-state index contributed by atoms with van der Waals surface area (Å²) < 4.78 is 10.2. The Morgan fingerprint density at radius 3 is 2.72 bits per heavy atom. The molecule has 0 saturated carbocycles. The number of hydrogen-bond donors (Lipinski definition) is 2. The number of nitrogens with one attached hydrogen (secondary N) is 1. The van der Waals surface area contributed by atoms with Crippen LogP contribution in [0.2, 0.25) is 0 Å². The minimum atomic E-state index is -0.410. The van der Waals surface area contributed by atoms with Crippen molar-refractivity contribution in [3.63, 3.8) is 0 Å². The van der Waals surface area contributed by atoms with Crippen molar-refractivity contribution >= 4 is 5.91 Å². The van der Waals surface area contributed by atoms with Crippen molar-refractivity contribution in [2.24, 2.45) is 5.73 Å². The second-order valence-corrected chi connectivity index (χ2v) is 3.97. The first-order chi connectivity index (χ1) is 8.69. The summed E-state index contributed by atoms with van der Waals surface area (Å²) in [5.74, 6) is -0.410. The molecule has 3 N–H and O–H groups in total. The number of methoxy groups -OCH3 is 2. The molecule has 18 heavy (non-hydrogen) atoms. The lowest BCUT2D eigenvalue weighted by molar-refractivity contribution is 0.0288. The zero-order valence-electron chi connectivity index (χ0n) is 10.8. The SMILES string of the molecule is COCC(CNCc1ccccc1C(N)=O)OC. The van der Waals surface area contributed by atoms with Gasteiger partial charge in [0.2, 0.25) is 5.91 Å². The molecule has 5 nitrogen and oxygen atoms in total. The Hall–Kier alpha value is -1.43. The molecule has 1 unspecified atom stereocenters. The summed E-state index contributed by atoms with van der Waals surface area (Å²) in [7, 11) is 3.27. The first kappa shape index (κ1) is 14.6. The number of rotatable bonds is 8. The first-order valence-corrected chi connectivity index (χ1v) is 5.79. The van der Waals surface area contributed by atoms with Gasteiger partial charge in [0.15, 0.2) is 0 Å². The van der Waals surface area contributed by atoms with Gasteiger partial charge >= 0.3 is 0 Å². The van der Waals surface area contributed by atoms with Crippen molar-refractivity contribution in [2.75, 3.05) is 27.4 Å². The van der Waals surface area contributed by atoms with Gasteiger partial charge in [0.05, 0.1) is 12.7 Å². The monoisotopic (exact) mass is 252 g/mol. The molecule has 1 amide bonds. The van der Waals surface area contributed by atoms with E-state index in [2.05, 4.69) is 5.32 Å². The van der Waals surface area contributed by atoms with Gasteiger partial charge in [0.1, 0.15) is 0 Å². The summed E-state index contributed by atoms with van der Waals surface area (Å²) in [6.45, 7) is 1.75. The number of hydrogen-bond acceptors (Lipinski definition) is 4. The van der Waals surface area contributed by atoms with Crippen molar-refractivity contribution < 1.29 is 14.3 Å². The molecule has 0 radical (unpaired) electrons. The quantitative estimate of drug-likeness (QED) is 0.708. The van der Waals surface area contributed by atoms with E-state index in [0.717, 1.165) is 5.56 Å². The third-order valence-corrected chi connectivity index (χ3v) is 2.66. The maximum atomic E-state index is 11.2. The van der Waals surface area contributed by atoms with Crippen molar-refractivity contribution in [1.82, 2.24) is 5.32 Å². The van der Waals surface area contributed by atoms with E-state index >= 15 is 0 Å². The standard InChI is InChI=1S/C13H20N2O3/c1-17-9-11(18-2)8-15-7-10-5-3-4-6-12(10)13(14)16/h3-6,11,15H,7-9H2,1-2H3,(H2,14,16). The highest BCUT2D eigenvalue weighted by Gasteiger charge is 2.09. The van der Waals surface area contributed by atoms with Crippen molar-refractivity contribution in [3.8, 4) is 0 Å². The maximum Gasteiger partial charge on any atom is 0.249 e. The van der Waals surface area contributed by atoms with E-state index in [4.69, 9.17) is 15.2 Å². The van der Waals surface area contributed by atoms with Gasteiger partial charge in [-0.1, -0.05) is 18.2 Å². The predicted molar refractivity (Wildman–Crippen MR) is 69.3 cm³/mol. The lowest BCUT2D eigenvalue weighted by Gasteiger charge is -2.15. The Bertz CT molecular complexity index is 382. The van der Waals surface area contributed by atoms with Gasteiger partial charge in [-0.15, -0.1) is 0 Å². The molecule has 1 rings (SSSR count). The molecule has 1 aromatic rings. The molecule has 1 aromatic carbocycles. The average Bonchev–Trinajstić information content (AvgIpc) is 2.38. The van der Waals surface area contributed by atoms with Gasteiger partial charge in [-0.3, -0.25) is 4.79 Å². The fourth-order valence-electron chi connectivity index (χ4n) is 1.68. The van der Waals surface area contributed by atoms with Gasteiger partial charge < -0.3 is 20.5 Å². The molecule has 0 bridgehead atoms. The molecule has 1 atom stereocenters. The van der Waals surface area contributed by atoms with Crippen molar-refractivity contribution in [1.29, 1.82) is 0 Å². The summed E-state index contributed by atoms with van der Waals surface area (Å²) in [6.07, 6.45) is -0.00394. The summed E-state index contributed by atoms with van der Waals surface area (Å²) in [5.41, 5.74) is 6.74. The highest BCUT2D eigenvalue weighted by molar-refractivity contribution is 5.94. The van der Waals surface area contributed by atoms with Gasteiger partial charge in [0.25, 0.3) is 0 Å². The maximum absolute atomic E-state index is 11.2. The lowest BCUT2D eigenvalue weighted by atomic mass is 10.1. The number of carbonyl (C=O) groups excluding carboxylic acids is 1. The fourth-order valence-corrected chi connectivity index (χ4v) is 1.68. The van der Waals surface area contributed by atoms with E-state index in [1.807, 2.05) is 12.1 Å². The molecule has 100 valence electrons. The molecular formula is C13H20N2O3. The van der Waals surface area contributed by atoms with E-state index in [1.165, 1.54) is 0 Å². The summed E-state index contributed by atoms with van der Waals surface area (Å²) in [6, 6.07) is 7.28. The van der Waals surface area contributed by atoms with Crippen molar-refractivity contribution in [3.05, 3.63) is 35.4 Å². The molecular weight excluding hydrogens is 232 g/mol. The predicted octanol–water partition coefficient (Wildman–Crippen LogP) is 0.537. The van der Waals surface area contributed by atoms with Crippen LogP contribution in [0.25, 0.3) is 0 Å². The van der Waals surface area contributed by atoms with Crippen LogP contribution in [0.1, 0.15) is 15.9 Å². The third-order valence-electron chi connectivity index (χ3n) is 2.66. The Morgan fingerprint density at radius 2 is 2.11 bits per heavy atom.